The summed E-state index contributed by atoms with van der Waals surface area (Å²) in [6.07, 6.45) is 3.45. The maximum absolute atomic E-state index is 12.8. The lowest BCUT2D eigenvalue weighted by Gasteiger charge is -2.34. The molecule has 3 heterocycles. The number of hydrogen-bond acceptors (Lipinski definition) is 6. The lowest BCUT2D eigenvalue weighted by atomic mass is 10.2. The molecule has 0 atom stereocenters. The van der Waals surface area contributed by atoms with Crippen LogP contribution in [0.25, 0.3) is 11.5 Å². The highest BCUT2D eigenvalue weighted by atomic mass is 16.4. The Labute approximate surface area is 158 Å². The molecule has 2 aromatic rings. The first-order valence-electron chi connectivity index (χ1n) is 9.11. The highest BCUT2D eigenvalue weighted by molar-refractivity contribution is 5.93. The van der Waals surface area contributed by atoms with E-state index in [0.29, 0.717) is 50.1 Å². The van der Waals surface area contributed by atoms with E-state index >= 15 is 0 Å². The molecular formula is C18H26N6O3. The van der Waals surface area contributed by atoms with Gasteiger partial charge in [-0.1, -0.05) is 0 Å². The van der Waals surface area contributed by atoms with Crippen LogP contribution in [0.3, 0.4) is 0 Å². The van der Waals surface area contributed by atoms with Crippen molar-refractivity contribution in [2.75, 3.05) is 32.7 Å². The maximum atomic E-state index is 12.8. The fourth-order valence-electron chi connectivity index (χ4n) is 3.08. The summed E-state index contributed by atoms with van der Waals surface area (Å²) in [5, 5.41) is 6.99. The topological polar surface area (TPSA) is 96.5 Å². The standard InChI is InChI=1S/C18H26N6O3/c1-12(2)20-15(25)11-23-5-7-24(8-6-23)18(26)16-13(3)27-17(21-16)14-9-19-22(4)10-14/h9-10,12H,5-8,11H2,1-4H3,(H,20,25). The zero-order chi connectivity index (χ0) is 19.6. The molecule has 2 aromatic heterocycles. The molecule has 1 aliphatic heterocycles. The van der Waals surface area contributed by atoms with Gasteiger partial charge < -0.3 is 14.6 Å². The molecule has 0 aliphatic carbocycles. The molecule has 0 aromatic carbocycles. The van der Waals surface area contributed by atoms with E-state index in [4.69, 9.17) is 4.42 Å². The van der Waals surface area contributed by atoms with Gasteiger partial charge in [-0.2, -0.15) is 5.10 Å². The molecule has 9 nitrogen and oxygen atoms in total. The molecule has 0 radical (unpaired) electrons. The first-order valence-corrected chi connectivity index (χ1v) is 9.11. The number of nitrogens with one attached hydrogen (secondary N) is 1. The van der Waals surface area contributed by atoms with Crippen molar-refractivity contribution >= 4 is 11.8 Å². The Hall–Kier alpha value is -2.68. The van der Waals surface area contributed by atoms with Crippen molar-refractivity contribution in [3.8, 4) is 11.5 Å². The normalized spacial score (nSPS) is 15.4. The first kappa shape index (κ1) is 19.1. The molecule has 9 heteroatoms. The Morgan fingerprint density at radius 1 is 1.26 bits per heavy atom. The second-order valence-electron chi connectivity index (χ2n) is 7.12. The van der Waals surface area contributed by atoms with Crippen LogP contribution in [0.4, 0.5) is 0 Å². The number of carbonyl (C=O) groups is 2. The number of hydrogen-bond donors (Lipinski definition) is 1. The Bertz CT molecular complexity index is 817. The van der Waals surface area contributed by atoms with Gasteiger partial charge in [0.15, 0.2) is 5.69 Å². The SMILES string of the molecule is Cc1oc(-c2cnn(C)c2)nc1C(=O)N1CCN(CC(=O)NC(C)C)CC1. The summed E-state index contributed by atoms with van der Waals surface area (Å²) in [6, 6.07) is 0.129. The van der Waals surface area contributed by atoms with E-state index in [2.05, 4.69) is 20.3 Å². The van der Waals surface area contributed by atoms with Gasteiger partial charge in [0.25, 0.3) is 5.91 Å². The van der Waals surface area contributed by atoms with Crippen molar-refractivity contribution in [2.24, 2.45) is 7.05 Å². The van der Waals surface area contributed by atoms with E-state index in [1.165, 1.54) is 0 Å². The van der Waals surface area contributed by atoms with Gasteiger partial charge in [-0.05, 0) is 20.8 Å². The predicted octanol–water partition coefficient (Wildman–Crippen LogP) is 0.666. The van der Waals surface area contributed by atoms with Crippen molar-refractivity contribution in [1.82, 2.24) is 29.9 Å². The second-order valence-corrected chi connectivity index (χ2v) is 7.12. The van der Waals surface area contributed by atoms with Gasteiger partial charge in [-0.25, -0.2) is 4.98 Å². The van der Waals surface area contributed by atoms with Gasteiger partial charge in [0.2, 0.25) is 11.8 Å². The lowest BCUT2D eigenvalue weighted by Crippen LogP contribution is -2.51. The average molecular weight is 374 g/mol. The number of rotatable bonds is 5. The number of carbonyl (C=O) groups excluding carboxylic acids is 2. The smallest absolute Gasteiger partial charge is 0.276 e. The molecule has 27 heavy (non-hydrogen) atoms. The highest BCUT2D eigenvalue weighted by Crippen LogP contribution is 2.22. The fraction of sp³-hybridized carbons (Fsp3) is 0.556. The van der Waals surface area contributed by atoms with Crippen LogP contribution in [0.1, 0.15) is 30.1 Å². The minimum atomic E-state index is -0.141. The largest absolute Gasteiger partial charge is 0.440 e. The molecule has 0 saturated carbocycles. The lowest BCUT2D eigenvalue weighted by molar-refractivity contribution is -0.123. The van der Waals surface area contributed by atoms with Crippen LogP contribution in [0.15, 0.2) is 16.8 Å². The van der Waals surface area contributed by atoms with Crippen LogP contribution in [-0.4, -0.2) is 75.1 Å². The van der Waals surface area contributed by atoms with Crippen LogP contribution in [0.2, 0.25) is 0 Å². The fourth-order valence-corrected chi connectivity index (χ4v) is 3.08. The van der Waals surface area contributed by atoms with Crippen molar-refractivity contribution in [3.63, 3.8) is 0 Å². The monoisotopic (exact) mass is 374 g/mol. The van der Waals surface area contributed by atoms with E-state index in [0.717, 1.165) is 5.56 Å². The molecule has 0 bridgehead atoms. The molecule has 1 saturated heterocycles. The van der Waals surface area contributed by atoms with Gasteiger partial charge in [0.05, 0.1) is 18.3 Å². The van der Waals surface area contributed by atoms with Crippen LogP contribution < -0.4 is 5.32 Å². The number of amides is 2. The summed E-state index contributed by atoms with van der Waals surface area (Å²) in [4.78, 5) is 32.9. The summed E-state index contributed by atoms with van der Waals surface area (Å²) >= 11 is 0. The minimum Gasteiger partial charge on any atom is -0.440 e. The third-order valence-corrected chi connectivity index (χ3v) is 4.43. The van der Waals surface area contributed by atoms with E-state index in [-0.39, 0.29) is 17.9 Å². The average Bonchev–Trinajstić information content (AvgIpc) is 3.20. The third kappa shape index (κ3) is 4.54. The Morgan fingerprint density at radius 2 is 1.96 bits per heavy atom. The van der Waals surface area contributed by atoms with Crippen LogP contribution in [-0.2, 0) is 11.8 Å². The molecule has 3 rings (SSSR count). The van der Waals surface area contributed by atoms with Gasteiger partial charge in [0, 0.05) is 45.5 Å². The van der Waals surface area contributed by atoms with E-state index in [9.17, 15) is 9.59 Å². The molecular weight excluding hydrogens is 348 g/mol. The quantitative estimate of drug-likeness (QED) is 0.826. The summed E-state index contributed by atoms with van der Waals surface area (Å²) < 4.78 is 7.32. The Kier molecular flexibility index (Phi) is 5.59. The van der Waals surface area contributed by atoms with Crippen molar-refractivity contribution < 1.29 is 14.0 Å². The Balaban J connectivity index is 1.60. The van der Waals surface area contributed by atoms with Gasteiger partial charge in [0.1, 0.15) is 5.76 Å². The zero-order valence-corrected chi connectivity index (χ0v) is 16.2. The number of oxazole rings is 1. The van der Waals surface area contributed by atoms with Crippen LogP contribution in [0, 0.1) is 6.92 Å². The molecule has 146 valence electrons. The number of piperazine rings is 1. The summed E-state index contributed by atoms with van der Waals surface area (Å²) in [6.45, 7) is 8.40. The molecule has 2 amide bonds. The summed E-state index contributed by atoms with van der Waals surface area (Å²) in [5.74, 6) is 0.765. The predicted molar refractivity (Wildman–Crippen MR) is 99.1 cm³/mol. The zero-order valence-electron chi connectivity index (χ0n) is 16.2. The van der Waals surface area contributed by atoms with E-state index in [1.54, 1.807) is 28.9 Å². The maximum Gasteiger partial charge on any atom is 0.276 e. The number of aromatic nitrogens is 3. The van der Waals surface area contributed by atoms with E-state index in [1.807, 2.05) is 20.9 Å². The molecule has 1 aliphatic rings. The number of nitrogens with zero attached hydrogens (tertiary/aromatic N) is 5. The van der Waals surface area contributed by atoms with Crippen molar-refractivity contribution in [1.29, 1.82) is 0 Å². The highest BCUT2D eigenvalue weighted by Gasteiger charge is 2.27. The molecule has 1 N–H and O–H groups in total. The summed E-state index contributed by atoms with van der Waals surface area (Å²) in [5.41, 5.74) is 1.07. The van der Waals surface area contributed by atoms with Crippen LogP contribution in [0.5, 0.6) is 0 Å². The summed E-state index contributed by atoms with van der Waals surface area (Å²) in [7, 11) is 1.81. The molecule has 1 fully saturated rings. The first-order chi connectivity index (χ1) is 12.8. The number of aryl methyl sites for hydroxylation is 2. The van der Waals surface area contributed by atoms with Crippen molar-refractivity contribution in [2.45, 2.75) is 26.8 Å². The van der Waals surface area contributed by atoms with Gasteiger partial charge in [-0.3, -0.25) is 19.2 Å². The minimum absolute atomic E-state index is 0.0123. The van der Waals surface area contributed by atoms with E-state index < -0.39 is 0 Å². The van der Waals surface area contributed by atoms with Gasteiger partial charge >= 0.3 is 0 Å². The third-order valence-electron chi connectivity index (χ3n) is 4.43. The van der Waals surface area contributed by atoms with Gasteiger partial charge in [-0.15, -0.1) is 0 Å². The molecule has 0 spiro atoms. The van der Waals surface area contributed by atoms with Crippen LogP contribution >= 0.6 is 0 Å². The van der Waals surface area contributed by atoms with Crippen molar-refractivity contribution in [3.05, 3.63) is 23.8 Å². The second kappa shape index (κ2) is 7.91. The molecule has 0 unspecified atom stereocenters. The Morgan fingerprint density at radius 3 is 2.56 bits per heavy atom.